The highest BCUT2D eigenvalue weighted by molar-refractivity contribution is 6.01. The van der Waals surface area contributed by atoms with Gasteiger partial charge in [-0.2, -0.15) is 5.10 Å². The fourth-order valence-corrected chi connectivity index (χ4v) is 2.44. The predicted molar refractivity (Wildman–Crippen MR) is 72.2 cm³/mol. The molecule has 0 radical (unpaired) electrons. The van der Waals surface area contributed by atoms with Crippen LogP contribution in [-0.4, -0.2) is 29.3 Å². The van der Waals surface area contributed by atoms with Crippen LogP contribution in [0.5, 0.6) is 0 Å². The Bertz CT molecular complexity index is 616. The predicted octanol–water partition coefficient (Wildman–Crippen LogP) is 2.33. The Hall–Kier alpha value is -1.94. The number of fused-ring (bicyclic) bond motifs is 1. The molecule has 0 aliphatic heterocycles. The molecule has 1 aromatic carbocycles. The summed E-state index contributed by atoms with van der Waals surface area (Å²) in [7, 11) is 1.68. The highest BCUT2D eigenvalue weighted by Crippen LogP contribution is 2.27. The standard InChI is InChI=1S/C15H16N2O2/c1-19-7-6-17-10-13(9-16-17)12-3-2-11-4-5-15(18)14(11)8-12/h2-3,8-10H,4-7H2,1H3. The number of benzene rings is 1. The fraction of sp³-hybridized carbons (Fsp3) is 0.333. The van der Waals surface area contributed by atoms with Gasteiger partial charge in [-0.05, 0) is 23.6 Å². The highest BCUT2D eigenvalue weighted by Gasteiger charge is 2.19. The van der Waals surface area contributed by atoms with Crippen LogP contribution in [0.3, 0.4) is 0 Å². The SMILES string of the molecule is COCCn1cc(-c2ccc3c(c2)C(=O)CC3)cn1. The lowest BCUT2D eigenvalue weighted by Gasteiger charge is -2.02. The van der Waals surface area contributed by atoms with E-state index in [9.17, 15) is 4.79 Å². The number of nitrogens with zero attached hydrogens (tertiary/aromatic N) is 2. The number of ketones is 1. The molecule has 0 saturated carbocycles. The number of carbonyl (C=O) groups excluding carboxylic acids is 1. The topological polar surface area (TPSA) is 44.1 Å². The van der Waals surface area contributed by atoms with E-state index in [1.54, 1.807) is 7.11 Å². The molecule has 0 saturated heterocycles. The van der Waals surface area contributed by atoms with Crippen LogP contribution in [-0.2, 0) is 17.7 Å². The maximum Gasteiger partial charge on any atom is 0.163 e. The second-order valence-corrected chi connectivity index (χ2v) is 4.78. The third-order valence-corrected chi connectivity index (χ3v) is 3.52. The van der Waals surface area contributed by atoms with Crippen molar-refractivity contribution >= 4 is 5.78 Å². The van der Waals surface area contributed by atoms with Crippen LogP contribution in [0, 0.1) is 0 Å². The summed E-state index contributed by atoms with van der Waals surface area (Å²) in [6, 6.07) is 6.11. The minimum atomic E-state index is 0.253. The molecule has 0 N–H and O–H groups in total. The number of aryl methyl sites for hydroxylation is 1. The smallest absolute Gasteiger partial charge is 0.163 e. The number of methoxy groups -OCH3 is 1. The molecule has 0 atom stereocenters. The summed E-state index contributed by atoms with van der Waals surface area (Å²) >= 11 is 0. The van der Waals surface area contributed by atoms with Gasteiger partial charge in [0.1, 0.15) is 0 Å². The molecule has 0 fully saturated rings. The van der Waals surface area contributed by atoms with Crippen molar-refractivity contribution in [2.45, 2.75) is 19.4 Å². The van der Waals surface area contributed by atoms with E-state index in [0.717, 1.165) is 29.7 Å². The van der Waals surface area contributed by atoms with E-state index in [-0.39, 0.29) is 5.78 Å². The molecule has 2 aromatic rings. The first kappa shape index (κ1) is 12.1. The molecular formula is C15H16N2O2. The Kier molecular flexibility index (Phi) is 3.17. The van der Waals surface area contributed by atoms with Crippen LogP contribution >= 0.6 is 0 Å². The van der Waals surface area contributed by atoms with E-state index >= 15 is 0 Å². The molecule has 4 heteroatoms. The van der Waals surface area contributed by atoms with E-state index in [2.05, 4.69) is 17.2 Å². The third-order valence-electron chi connectivity index (χ3n) is 3.52. The van der Waals surface area contributed by atoms with Gasteiger partial charge in [0.05, 0.1) is 19.3 Å². The van der Waals surface area contributed by atoms with Gasteiger partial charge in [-0.25, -0.2) is 0 Å². The van der Waals surface area contributed by atoms with E-state index < -0.39 is 0 Å². The maximum absolute atomic E-state index is 11.8. The maximum atomic E-state index is 11.8. The van der Waals surface area contributed by atoms with Crippen LogP contribution < -0.4 is 0 Å². The minimum Gasteiger partial charge on any atom is -0.383 e. The van der Waals surface area contributed by atoms with Crippen molar-refractivity contribution in [2.75, 3.05) is 13.7 Å². The fourth-order valence-electron chi connectivity index (χ4n) is 2.44. The number of carbonyl (C=O) groups is 1. The van der Waals surface area contributed by atoms with E-state index in [1.165, 1.54) is 5.56 Å². The molecular weight excluding hydrogens is 240 g/mol. The van der Waals surface area contributed by atoms with Gasteiger partial charge >= 0.3 is 0 Å². The number of Topliss-reactive ketones (excluding diaryl/α,β-unsaturated/α-hetero) is 1. The van der Waals surface area contributed by atoms with Gasteiger partial charge in [-0.1, -0.05) is 12.1 Å². The largest absolute Gasteiger partial charge is 0.383 e. The lowest BCUT2D eigenvalue weighted by Crippen LogP contribution is -2.03. The van der Waals surface area contributed by atoms with Crippen molar-refractivity contribution < 1.29 is 9.53 Å². The normalized spacial score (nSPS) is 13.8. The molecule has 3 rings (SSSR count). The molecule has 0 unspecified atom stereocenters. The summed E-state index contributed by atoms with van der Waals surface area (Å²) in [5, 5.41) is 4.29. The molecule has 0 bridgehead atoms. The van der Waals surface area contributed by atoms with Gasteiger partial charge in [0.2, 0.25) is 0 Å². The lowest BCUT2D eigenvalue weighted by atomic mass is 10.0. The van der Waals surface area contributed by atoms with Gasteiger partial charge in [0, 0.05) is 30.9 Å². The van der Waals surface area contributed by atoms with Gasteiger partial charge < -0.3 is 4.74 Å². The molecule has 1 aliphatic rings. The first-order valence-corrected chi connectivity index (χ1v) is 6.46. The Labute approximate surface area is 112 Å². The Balaban J connectivity index is 1.88. The van der Waals surface area contributed by atoms with Crippen molar-refractivity contribution in [3.05, 3.63) is 41.7 Å². The number of aromatic nitrogens is 2. The van der Waals surface area contributed by atoms with Crippen molar-refractivity contribution in [1.82, 2.24) is 9.78 Å². The van der Waals surface area contributed by atoms with Crippen LogP contribution in [0.4, 0.5) is 0 Å². The quantitative estimate of drug-likeness (QED) is 0.843. The third kappa shape index (κ3) is 2.31. The number of hydrogen-bond acceptors (Lipinski definition) is 3. The highest BCUT2D eigenvalue weighted by atomic mass is 16.5. The van der Waals surface area contributed by atoms with Crippen molar-refractivity contribution in [3.63, 3.8) is 0 Å². The zero-order chi connectivity index (χ0) is 13.2. The summed E-state index contributed by atoms with van der Waals surface area (Å²) in [4.78, 5) is 11.8. The zero-order valence-electron chi connectivity index (χ0n) is 10.9. The van der Waals surface area contributed by atoms with Gasteiger partial charge in [0.25, 0.3) is 0 Å². The van der Waals surface area contributed by atoms with Gasteiger partial charge in [-0.3, -0.25) is 9.48 Å². The van der Waals surface area contributed by atoms with E-state index in [4.69, 9.17) is 4.74 Å². The number of hydrogen-bond donors (Lipinski definition) is 0. The first-order chi connectivity index (χ1) is 9.28. The average Bonchev–Trinajstić information content (AvgIpc) is 3.04. The molecule has 1 aromatic heterocycles. The second-order valence-electron chi connectivity index (χ2n) is 4.78. The monoisotopic (exact) mass is 256 g/mol. The Morgan fingerprint density at radius 2 is 2.21 bits per heavy atom. The summed E-state index contributed by atoms with van der Waals surface area (Å²) in [6.07, 6.45) is 5.34. The number of rotatable bonds is 4. The summed E-state index contributed by atoms with van der Waals surface area (Å²) in [5.74, 6) is 0.253. The molecule has 1 heterocycles. The van der Waals surface area contributed by atoms with Crippen molar-refractivity contribution in [1.29, 1.82) is 0 Å². The van der Waals surface area contributed by atoms with E-state index in [0.29, 0.717) is 13.0 Å². The molecule has 0 amide bonds. The summed E-state index contributed by atoms with van der Waals surface area (Å²) < 4.78 is 6.88. The molecule has 98 valence electrons. The molecule has 4 nitrogen and oxygen atoms in total. The Morgan fingerprint density at radius 1 is 1.32 bits per heavy atom. The van der Waals surface area contributed by atoms with Gasteiger partial charge in [0.15, 0.2) is 5.78 Å². The van der Waals surface area contributed by atoms with Crippen LogP contribution in [0.25, 0.3) is 11.1 Å². The number of ether oxygens (including phenoxy) is 1. The molecule has 0 spiro atoms. The second kappa shape index (κ2) is 4.97. The van der Waals surface area contributed by atoms with Crippen LogP contribution in [0.1, 0.15) is 22.3 Å². The summed E-state index contributed by atoms with van der Waals surface area (Å²) in [5.41, 5.74) is 4.14. The van der Waals surface area contributed by atoms with E-state index in [1.807, 2.05) is 23.1 Å². The van der Waals surface area contributed by atoms with Crippen molar-refractivity contribution in [3.8, 4) is 11.1 Å². The van der Waals surface area contributed by atoms with Crippen LogP contribution in [0.2, 0.25) is 0 Å². The molecule has 19 heavy (non-hydrogen) atoms. The zero-order valence-corrected chi connectivity index (χ0v) is 10.9. The lowest BCUT2D eigenvalue weighted by molar-refractivity contribution is 0.0994. The summed E-state index contributed by atoms with van der Waals surface area (Å²) in [6.45, 7) is 1.38. The molecule has 1 aliphatic carbocycles. The Morgan fingerprint density at radius 3 is 3.05 bits per heavy atom. The minimum absolute atomic E-state index is 0.253. The van der Waals surface area contributed by atoms with Crippen LogP contribution in [0.15, 0.2) is 30.6 Å². The average molecular weight is 256 g/mol. The van der Waals surface area contributed by atoms with Gasteiger partial charge in [-0.15, -0.1) is 0 Å². The van der Waals surface area contributed by atoms with Crippen molar-refractivity contribution in [2.24, 2.45) is 0 Å². The first-order valence-electron chi connectivity index (χ1n) is 6.46.